The molecular weight excluding hydrogens is 288 g/mol. The van der Waals surface area contributed by atoms with Crippen LogP contribution in [0.3, 0.4) is 0 Å². The van der Waals surface area contributed by atoms with Gasteiger partial charge in [0.05, 0.1) is 6.04 Å². The van der Waals surface area contributed by atoms with E-state index in [1.807, 2.05) is 43.3 Å². The van der Waals surface area contributed by atoms with E-state index in [0.29, 0.717) is 13.2 Å². The highest BCUT2D eigenvalue weighted by atomic mass is 35.5. The first-order chi connectivity index (χ1) is 10.2. The predicted octanol–water partition coefficient (Wildman–Crippen LogP) is 2.97. The summed E-state index contributed by atoms with van der Waals surface area (Å²) in [5.74, 6) is 7.26. The Labute approximate surface area is 128 Å². The number of fused-ring (bicyclic) bond motifs is 1. The quantitative estimate of drug-likeness (QED) is 0.676. The van der Waals surface area contributed by atoms with Gasteiger partial charge in [-0.3, -0.25) is 5.84 Å². The van der Waals surface area contributed by atoms with Gasteiger partial charge in [-0.1, -0.05) is 35.9 Å². The molecule has 2 aromatic rings. The van der Waals surface area contributed by atoms with Crippen LogP contribution in [0.25, 0.3) is 0 Å². The Morgan fingerprint density at radius 1 is 1.19 bits per heavy atom. The molecule has 0 amide bonds. The standard InChI is InChI=1S/C16H17ClN2O2/c1-10-5-6-11(9-13(10)17)15(19-18)12-3-2-4-14-16(12)21-8-7-20-14/h2-6,9,15,19H,7-8,18H2,1H3. The summed E-state index contributed by atoms with van der Waals surface area (Å²) in [6.07, 6.45) is 0. The highest BCUT2D eigenvalue weighted by molar-refractivity contribution is 6.31. The van der Waals surface area contributed by atoms with Crippen LogP contribution in [-0.2, 0) is 0 Å². The Kier molecular flexibility index (Phi) is 4.01. The highest BCUT2D eigenvalue weighted by Crippen LogP contribution is 2.39. The molecule has 0 fully saturated rings. The number of aryl methyl sites for hydroxylation is 1. The smallest absolute Gasteiger partial charge is 0.166 e. The number of nitrogens with two attached hydrogens (primary N) is 1. The molecule has 1 unspecified atom stereocenters. The van der Waals surface area contributed by atoms with Crippen molar-refractivity contribution in [2.45, 2.75) is 13.0 Å². The van der Waals surface area contributed by atoms with Crippen LogP contribution in [0.2, 0.25) is 5.02 Å². The minimum atomic E-state index is -0.209. The molecule has 4 nitrogen and oxygen atoms in total. The fourth-order valence-corrected chi connectivity index (χ4v) is 2.67. The number of hydrogen-bond acceptors (Lipinski definition) is 4. The number of ether oxygens (including phenoxy) is 2. The fraction of sp³-hybridized carbons (Fsp3) is 0.250. The van der Waals surface area contributed by atoms with Crippen LogP contribution in [-0.4, -0.2) is 13.2 Å². The summed E-state index contributed by atoms with van der Waals surface area (Å²) in [5, 5.41) is 0.717. The van der Waals surface area contributed by atoms with E-state index in [0.717, 1.165) is 33.2 Å². The molecule has 0 saturated carbocycles. The first-order valence-electron chi connectivity index (χ1n) is 6.81. The van der Waals surface area contributed by atoms with Gasteiger partial charge >= 0.3 is 0 Å². The molecule has 0 spiro atoms. The van der Waals surface area contributed by atoms with Crippen molar-refractivity contribution in [3.63, 3.8) is 0 Å². The summed E-state index contributed by atoms with van der Waals surface area (Å²) in [6, 6.07) is 11.5. The van der Waals surface area contributed by atoms with E-state index in [1.165, 1.54) is 0 Å². The lowest BCUT2D eigenvalue weighted by atomic mass is 9.97. The molecule has 0 radical (unpaired) electrons. The van der Waals surface area contributed by atoms with E-state index >= 15 is 0 Å². The van der Waals surface area contributed by atoms with Crippen LogP contribution in [0, 0.1) is 6.92 Å². The van der Waals surface area contributed by atoms with Gasteiger partial charge in [0.25, 0.3) is 0 Å². The van der Waals surface area contributed by atoms with E-state index in [9.17, 15) is 0 Å². The van der Waals surface area contributed by atoms with Crippen LogP contribution in [0.5, 0.6) is 11.5 Å². The van der Waals surface area contributed by atoms with Crippen molar-refractivity contribution in [3.05, 3.63) is 58.1 Å². The van der Waals surface area contributed by atoms with Crippen LogP contribution in [0.4, 0.5) is 0 Å². The molecule has 2 aromatic carbocycles. The molecule has 3 rings (SSSR count). The Balaban J connectivity index is 2.06. The van der Waals surface area contributed by atoms with Crippen LogP contribution >= 0.6 is 11.6 Å². The average molecular weight is 305 g/mol. The van der Waals surface area contributed by atoms with Gasteiger partial charge in [0.15, 0.2) is 11.5 Å². The van der Waals surface area contributed by atoms with Gasteiger partial charge in [0, 0.05) is 10.6 Å². The molecule has 1 aliphatic rings. The fourth-order valence-electron chi connectivity index (χ4n) is 2.48. The zero-order valence-corrected chi connectivity index (χ0v) is 12.5. The average Bonchev–Trinajstić information content (AvgIpc) is 2.52. The summed E-state index contributed by atoms with van der Waals surface area (Å²) < 4.78 is 11.4. The summed E-state index contributed by atoms with van der Waals surface area (Å²) in [6.45, 7) is 3.07. The van der Waals surface area contributed by atoms with Gasteiger partial charge in [0.1, 0.15) is 13.2 Å². The molecule has 1 atom stereocenters. The molecular formula is C16H17ClN2O2. The van der Waals surface area contributed by atoms with Crippen LogP contribution in [0.15, 0.2) is 36.4 Å². The van der Waals surface area contributed by atoms with E-state index in [1.54, 1.807) is 0 Å². The third-order valence-corrected chi connectivity index (χ3v) is 4.01. The third kappa shape index (κ3) is 2.70. The topological polar surface area (TPSA) is 56.5 Å². The summed E-state index contributed by atoms with van der Waals surface area (Å²) in [4.78, 5) is 0. The van der Waals surface area contributed by atoms with Crippen molar-refractivity contribution in [2.24, 2.45) is 5.84 Å². The number of nitrogens with one attached hydrogen (secondary N) is 1. The number of rotatable bonds is 3. The van der Waals surface area contributed by atoms with Gasteiger partial charge < -0.3 is 9.47 Å². The van der Waals surface area contributed by atoms with Crippen molar-refractivity contribution < 1.29 is 9.47 Å². The van der Waals surface area contributed by atoms with E-state index in [2.05, 4.69) is 5.43 Å². The lowest BCUT2D eigenvalue weighted by molar-refractivity contribution is 0.169. The van der Waals surface area contributed by atoms with Crippen LogP contribution < -0.4 is 20.7 Å². The number of benzene rings is 2. The molecule has 1 aliphatic heterocycles. The second-order valence-electron chi connectivity index (χ2n) is 4.98. The third-order valence-electron chi connectivity index (χ3n) is 3.60. The molecule has 1 heterocycles. The highest BCUT2D eigenvalue weighted by Gasteiger charge is 2.22. The van der Waals surface area contributed by atoms with Crippen molar-refractivity contribution in [2.75, 3.05) is 13.2 Å². The predicted molar refractivity (Wildman–Crippen MR) is 82.8 cm³/mol. The van der Waals surface area contributed by atoms with E-state index in [-0.39, 0.29) is 6.04 Å². The van der Waals surface area contributed by atoms with E-state index in [4.69, 9.17) is 26.9 Å². The maximum atomic E-state index is 6.22. The van der Waals surface area contributed by atoms with Gasteiger partial charge in [-0.05, 0) is 30.2 Å². The van der Waals surface area contributed by atoms with Crippen molar-refractivity contribution in [1.82, 2.24) is 5.43 Å². The largest absolute Gasteiger partial charge is 0.486 e. The minimum Gasteiger partial charge on any atom is -0.486 e. The van der Waals surface area contributed by atoms with Crippen molar-refractivity contribution in [1.29, 1.82) is 0 Å². The van der Waals surface area contributed by atoms with Crippen molar-refractivity contribution >= 4 is 11.6 Å². The van der Waals surface area contributed by atoms with Crippen LogP contribution in [0.1, 0.15) is 22.7 Å². The van der Waals surface area contributed by atoms with E-state index < -0.39 is 0 Å². The Bertz CT molecular complexity index is 661. The summed E-state index contributed by atoms with van der Waals surface area (Å²) in [7, 11) is 0. The lowest BCUT2D eigenvalue weighted by Crippen LogP contribution is -2.30. The molecule has 110 valence electrons. The zero-order chi connectivity index (χ0) is 14.8. The summed E-state index contributed by atoms with van der Waals surface area (Å²) >= 11 is 6.22. The number of hydrogen-bond donors (Lipinski definition) is 2. The maximum absolute atomic E-state index is 6.22. The van der Waals surface area contributed by atoms with Gasteiger partial charge in [-0.2, -0.15) is 0 Å². The first kappa shape index (κ1) is 14.2. The monoisotopic (exact) mass is 304 g/mol. The minimum absolute atomic E-state index is 0.209. The second-order valence-corrected chi connectivity index (χ2v) is 5.39. The van der Waals surface area contributed by atoms with Gasteiger partial charge in [-0.15, -0.1) is 0 Å². The van der Waals surface area contributed by atoms with Gasteiger partial charge in [-0.25, -0.2) is 5.43 Å². The molecule has 3 N–H and O–H groups in total. The Morgan fingerprint density at radius 3 is 2.76 bits per heavy atom. The molecule has 5 heteroatoms. The lowest BCUT2D eigenvalue weighted by Gasteiger charge is -2.25. The summed E-state index contributed by atoms with van der Waals surface area (Å²) in [5.41, 5.74) is 5.79. The second kappa shape index (κ2) is 5.93. The normalized spacial score (nSPS) is 14.8. The molecule has 0 bridgehead atoms. The molecule has 21 heavy (non-hydrogen) atoms. The maximum Gasteiger partial charge on any atom is 0.166 e. The first-order valence-corrected chi connectivity index (χ1v) is 7.19. The van der Waals surface area contributed by atoms with Gasteiger partial charge in [0.2, 0.25) is 0 Å². The molecule has 0 aromatic heterocycles. The number of hydrazine groups is 1. The Morgan fingerprint density at radius 2 is 2.00 bits per heavy atom. The SMILES string of the molecule is Cc1ccc(C(NN)c2cccc3c2OCCO3)cc1Cl. The number of halogens is 1. The number of para-hydroxylation sites is 1. The zero-order valence-electron chi connectivity index (χ0n) is 11.7. The van der Waals surface area contributed by atoms with Crippen molar-refractivity contribution in [3.8, 4) is 11.5 Å². The molecule has 0 aliphatic carbocycles. The molecule has 0 saturated heterocycles. The Hall–Kier alpha value is -1.75.